The fourth-order valence-electron chi connectivity index (χ4n) is 1.73. The van der Waals surface area contributed by atoms with Crippen molar-refractivity contribution in [3.8, 4) is 5.75 Å². The Morgan fingerprint density at radius 2 is 2.05 bits per heavy atom. The van der Waals surface area contributed by atoms with Gasteiger partial charge in [0, 0.05) is 18.0 Å². The number of amides is 1. The lowest BCUT2D eigenvalue weighted by molar-refractivity contribution is -0.275. The number of hydrogen-bond acceptors (Lipinski definition) is 3. The first kappa shape index (κ1) is 15.3. The van der Waals surface area contributed by atoms with Crippen LogP contribution in [-0.4, -0.2) is 18.8 Å². The third-order valence-electron chi connectivity index (χ3n) is 2.38. The summed E-state index contributed by atoms with van der Waals surface area (Å²) < 4.78 is 40.8. The maximum Gasteiger partial charge on any atom is 0.573 e. The Labute approximate surface area is 108 Å². The molecule has 0 bridgehead atoms. The molecule has 0 saturated heterocycles. The van der Waals surface area contributed by atoms with Crippen molar-refractivity contribution in [3.05, 3.63) is 29.8 Å². The molecule has 1 aromatic carbocycles. The van der Waals surface area contributed by atoms with Gasteiger partial charge in [-0.1, -0.05) is 25.1 Å². The van der Waals surface area contributed by atoms with Gasteiger partial charge in [0.1, 0.15) is 5.75 Å². The van der Waals surface area contributed by atoms with Crippen molar-refractivity contribution in [2.75, 3.05) is 6.54 Å². The molecule has 7 heteroatoms. The van der Waals surface area contributed by atoms with Gasteiger partial charge in [-0.2, -0.15) is 0 Å². The first-order valence-electron chi connectivity index (χ1n) is 5.70. The maximum absolute atomic E-state index is 12.3. The van der Waals surface area contributed by atoms with Gasteiger partial charge in [-0.25, -0.2) is 0 Å². The predicted molar refractivity (Wildman–Crippen MR) is 63.4 cm³/mol. The number of primary amides is 1. The molecule has 1 unspecified atom stereocenters. The van der Waals surface area contributed by atoms with E-state index < -0.39 is 18.3 Å². The number of para-hydroxylation sites is 1. The second-order valence-corrected chi connectivity index (χ2v) is 3.87. The molecule has 1 rings (SSSR count). The molecule has 0 aliphatic rings. The van der Waals surface area contributed by atoms with Crippen molar-refractivity contribution in [1.29, 1.82) is 0 Å². The zero-order valence-corrected chi connectivity index (χ0v) is 10.3. The lowest BCUT2D eigenvalue weighted by Gasteiger charge is -2.20. The zero-order valence-electron chi connectivity index (χ0n) is 10.3. The van der Waals surface area contributed by atoms with Crippen LogP contribution in [0.3, 0.4) is 0 Å². The first-order chi connectivity index (χ1) is 8.83. The number of halogens is 3. The van der Waals surface area contributed by atoms with Gasteiger partial charge >= 0.3 is 6.36 Å². The summed E-state index contributed by atoms with van der Waals surface area (Å²) in [6.45, 7) is 2.26. The number of hydrogen-bond donors (Lipinski definition) is 2. The SMILES string of the molecule is CCNC(CC(N)=O)c1ccccc1OC(F)(F)F. The summed E-state index contributed by atoms with van der Waals surface area (Å²) in [6, 6.07) is 5.06. The molecule has 0 spiro atoms. The number of alkyl halides is 3. The first-order valence-corrected chi connectivity index (χ1v) is 5.70. The van der Waals surface area contributed by atoms with E-state index in [0.29, 0.717) is 6.54 Å². The predicted octanol–water partition coefficient (Wildman–Crippen LogP) is 2.11. The Bertz CT molecular complexity index is 435. The molecule has 0 aliphatic heterocycles. The number of ether oxygens (including phenoxy) is 1. The van der Waals surface area contributed by atoms with Crippen molar-refractivity contribution in [2.45, 2.75) is 25.7 Å². The lowest BCUT2D eigenvalue weighted by Crippen LogP contribution is -2.28. The number of carbonyl (C=O) groups is 1. The molecule has 4 nitrogen and oxygen atoms in total. The molecule has 106 valence electrons. The molecule has 1 aromatic rings. The summed E-state index contributed by atoms with van der Waals surface area (Å²) in [7, 11) is 0. The number of carbonyl (C=O) groups excluding carboxylic acids is 1. The van der Waals surface area contributed by atoms with E-state index in [1.807, 2.05) is 0 Å². The van der Waals surface area contributed by atoms with Crippen molar-refractivity contribution in [2.24, 2.45) is 5.73 Å². The Hall–Kier alpha value is -1.76. The fraction of sp³-hybridized carbons (Fsp3) is 0.417. The average molecular weight is 276 g/mol. The van der Waals surface area contributed by atoms with Gasteiger partial charge in [-0.15, -0.1) is 13.2 Å². The molecule has 0 saturated carbocycles. The minimum Gasteiger partial charge on any atom is -0.405 e. The molecule has 0 aliphatic carbocycles. The van der Waals surface area contributed by atoms with Gasteiger partial charge in [-0.3, -0.25) is 4.79 Å². The molecule has 0 radical (unpaired) electrons. The summed E-state index contributed by atoms with van der Waals surface area (Å²) >= 11 is 0. The normalized spacial score (nSPS) is 13.1. The highest BCUT2D eigenvalue weighted by molar-refractivity contribution is 5.74. The van der Waals surface area contributed by atoms with E-state index in [9.17, 15) is 18.0 Å². The summed E-state index contributed by atoms with van der Waals surface area (Å²) in [5, 5.41) is 2.91. The molecule has 0 heterocycles. The van der Waals surface area contributed by atoms with Crippen LogP contribution in [0.2, 0.25) is 0 Å². The van der Waals surface area contributed by atoms with Gasteiger partial charge in [0.25, 0.3) is 0 Å². The summed E-state index contributed by atoms with van der Waals surface area (Å²) in [5.41, 5.74) is 5.35. The Morgan fingerprint density at radius 3 is 2.58 bits per heavy atom. The summed E-state index contributed by atoms with van der Waals surface area (Å²) in [4.78, 5) is 11.0. The van der Waals surface area contributed by atoms with Gasteiger partial charge in [0.15, 0.2) is 0 Å². The van der Waals surface area contributed by atoms with Crippen molar-refractivity contribution in [1.82, 2.24) is 5.32 Å². The Morgan fingerprint density at radius 1 is 1.42 bits per heavy atom. The fourth-order valence-corrected chi connectivity index (χ4v) is 1.73. The molecular formula is C12H15F3N2O2. The average Bonchev–Trinajstić information content (AvgIpc) is 2.26. The third-order valence-corrected chi connectivity index (χ3v) is 2.38. The van der Waals surface area contributed by atoms with Crippen LogP contribution in [0.25, 0.3) is 0 Å². The number of nitrogens with one attached hydrogen (secondary N) is 1. The van der Waals surface area contributed by atoms with Crippen molar-refractivity contribution < 1.29 is 22.7 Å². The van der Waals surface area contributed by atoms with Crippen LogP contribution >= 0.6 is 0 Å². The quantitative estimate of drug-likeness (QED) is 0.836. The van der Waals surface area contributed by atoms with E-state index in [0.717, 1.165) is 0 Å². The number of rotatable bonds is 6. The molecule has 3 N–H and O–H groups in total. The van der Waals surface area contributed by atoms with Crippen LogP contribution < -0.4 is 15.8 Å². The topological polar surface area (TPSA) is 64.3 Å². The number of nitrogens with two attached hydrogens (primary N) is 1. The van der Waals surface area contributed by atoms with E-state index >= 15 is 0 Å². The van der Waals surface area contributed by atoms with Gasteiger partial charge in [0.05, 0.1) is 0 Å². The Balaban J connectivity index is 3.04. The standard InChI is InChI=1S/C12H15F3N2O2/c1-2-17-9(7-11(16)18)8-5-3-4-6-10(8)19-12(13,14)15/h3-6,9,17H,2,7H2,1H3,(H2,16,18). The van der Waals surface area contributed by atoms with E-state index in [1.54, 1.807) is 13.0 Å². The summed E-state index contributed by atoms with van der Waals surface area (Å²) in [5.74, 6) is -0.935. The van der Waals surface area contributed by atoms with Crippen LogP contribution in [0.1, 0.15) is 24.9 Å². The molecule has 19 heavy (non-hydrogen) atoms. The van der Waals surface area contributed by atoms with E-state index in [2.05, 4.69) is 10.1 Å². The minimum atomic E-state index is -4.78. The van der Waals surface area contributed by atoms with Crippen molar-refractivity contribution in [3.63, 3.8) is 0 Å². The van der Waals surface area contributed by atoms with Crippen LogP contribution in [0.5, 0.6) is 5.75 Å². The lowest BCUT2D eigenvalue weighted by atomic mass is 10.0. The minimum absolute atomic E-state index is 0.105. The van der Waals surface area contributed by atoms with E-state index in [4.69, 9.17) is 5.73 Å². The van der Waals surface area contributed by atoms with Crippen LogP contribution in [0.4, 0.5) is 13.2 Å². The van der Waals surface area contributed by atoms with Crippen LogP contribution in [0.15, 0.2) is 24.3 Å². The molecule has 1 atom stereocenters. The Kier molecular flexibility index (Phi) is 5.17. The van der Waals surface area contributed by atoms with Crippen LogP contribution in [0, 0.1) is 0 Å². The van der Waals surface area contributed by atoms with Crippen LogP contribution in [-0.2, 0) is 4.79 Å². The molecule has 0 fully saturated rings. The monoisotopic (exact) mass is 276 g/mol. The van der Waals surface area contributed by atoms with Gasteiger partial charge < -0.3 is 15.8 Å². The molecule has 1 amide bonds. The highest BCUT2D eigenvalue weighted by Gasteiger charge is 2.33. The largest absolute Gasteiger partial charge is 0.573 e. The van der Waals surface area contributed by atoms with Crippen molar-refractivity contribution >= 4 is 5.91 Å². The number of benzene rings is 1. The second kappa shape index (κ2) is 6.42. The van der Waals surface area contributed by atoms with E-state index in [-0.39, 0.29) is 17.7 Å². The molecular weight excluding hydrogens is 261 g/mol. The maximum atomic E-state index is 12.3. The third kappa shape index (κ3) is 5.17. The molecule has 0 aromatic heterocycles. The highest BCUT2D eigenvalue weighted by atomic mass is 19.4. The zero-order chi connectivity index (χ0) is 14.5. The van der Waals surface area contributed by atoms with E-state index in [1.165, 1.54) is 18.2 Å². The summed E-state index contributed by atoms with van der Waals surface area (Å²) in [6.07, 6.45) is -4.88. The van der Waals surface area contributed by atoms with Gasteiger partial charge in [-0.05, 0) is 12.6 Å². The smallest absolute Gasteiger partial charge is 0.405 e. The second-order valence-electron chi connectivity index (χ2n) is 3.87. The van der Waals surface area contributed by atoms with Gasteiger partial charge in [0.2, 0.25) is 5.91 Å². The highest BCUT2D eigenvalue weighted by Crippen LogP contribution is 2.31.